The van der Waals surface area contributed by atoms with Gasteiger partial charge in [-0.05, 0) is 106 Å². The Hall–Kier alpha value is -2.18. The van der Waals surface area contributed by atoms with Crippen LogP contribution in [0.4, 0.5) is 0 Å². The number of aliphatic hydroxyl groups is 2. The molecule has 4 aliphatic carbocycles. The number of ether oxygens (including phenoxy) is 1. The number of aliphatic hydroxyl groups excluding tert-OH is 2. The van der Waals surface area contributed by atoms with E-state index in [-0.39, 0.29) is 22.9 Å². The molecule has 2 N–H and O–H groups in total. The van der Waals surface area contributed by atoms with Crippen LogP contribution in [0.25, 0.3) is 0 Å². The third kappa shape index (κ3) is 5.69. The summed E-state index contributed by atoms with van der Waals surface area (Å²) < 4.78 is 11.9. The first-order valence-corrected chi connectivity index (χ1v) is 15.2. The second-order valence-corrected chi connectivity index (χ2v) is 12.9. The lowest BCUT2D eigenvalue weighted by Crippen LogP contribution is -2.34. The molecule has 0 aromatic carbocycles. The summed E-state index contributed by atoms with van der Waals surface area (Å²) in [4.78, 5) is 16.9. The Morgan fingerprint density at radius 2 is 2.08 bits per heavy atom. The SMILES string of the molecule is C=C1/C(=C\C=C2/CCCC3(C)C(CCCC(OC(=O)CC)C4(c5ncc(C)o5)CC4)CCC23)C[C@@H](O)C[C@@H]1O. The summed E-state index contributed by atoms with van der Waals surface area (Å²) in [6, 6.07) is 0. The number of hydrogen-bond donors (Lipinski definition) is 2. The molecule has 1 heterocycles. The van der Waals surface area contributed by atoms with Gasteiger partial charge in [0.05, 0.1) is 23.8 Å². The zero-order chi connectivity index (χ0) is 27.8. The smallest absolute Gasteiger partial charge is 0.305 e. The summed E-state index contributed by atoms with van der Waals surface area (Å²) in [6.07, 6.45) is 17.2. The molecule has 6 nitrogen and oxygen atoms in total. The lowest BCUT2D eigenvalue weighted by molar-refractivity contribution is -0.151. The van der Waals surface area contributed by atoms with Gasteiger partial charge >= 0.3 is 5.97 Å². The molecule has 4 saturated carbocycles. The maximum atomic E-state index is 12.3. The van der Waals surface area contributed by atoms with Gasteiger partial charge in [0.15, 0.2) is 0 Å². The van der Waals surface area contributed by atoms with Crippen LogP contribution < -0.4 is 0 Å². The highest BCUT2D eigenvalue weighted by atomic mass is 16.5. The predicted molar refractivity (Wildman–Crippen MR) is 151 cm³/mol. The molecule has 0 aliphatic heterocycles. The van der Waals surface area contributed by atoms with Crippen molar-refractivity contribution in [3.63, 3.8) is 0 Å². The average Bonchev–Trinajstić information content (AvgIpc) is 3.48. The highest BCUT2D eigenvalue weighted by molar-refractivity contribution is 5.69. The first-order valence-electron chi connectivity index (χ1n) is 15.2. The second-order valence-electron chi connectivity index (χ2n) is 12.9. The van der Waals surface area contributed by atoms with Crippen LogP contribution in [0.1, 0.15) is 109 Å². The van der Waals surface area contributed by atoms with E-state index in [1.54, 1.807) is 6.20 Å². The summed E-state index contributed by atoms with van der Waals surface area (Å²) in [5.41, 5.74) is 3.30. The fourth-order valence-corrected chi connectivity index (χ4v) is 7.92. The molecular formula is C33H47NO5. The molecule has 214 valence electrons. The molecule has 0 spiro atoms. The number of aryl methyl sites for hydroxylation is 1. The summed E-state index contributed by atoms with van der Waals surface area (Å²) in [5, 5.41) is 20.4. The number of nitrogens with zero attached hydrogens (tertiary/aromatic N) is 1. The van der Waals surface area contributed by atoms with Crippen LogP contribution in [0.3, 0.4) is 0 Å². The molecule has 0 saturated heterocycles. The van der Waals surface area contributed by atoms with E-state index in [0.29, 0.717) is 31.1 Å². The number of esters is 1. The summed E-state index contributed by atoms with van der Waals surface area (Å²) >= 11 is 0. The number of fused-ring (bicyclic) bond motifs is 1. The van der Waals surface area contributed by atoms with Crippen LogP contribution in [0, 0.1) is 24.2 Å². The Kier molecular flexibility index (Phi) is 8.26. The third-order valence-corrected chi connectivity index (χ3v) is 10.5. The number of allylic oxidation sites excluding steroid dienone is 3. The second kappa shape index (κ2) is 11.4. The molecule has 1 aromatic heterocycles. The molecular weight excluding hydrogens is 490 g/mol. The van der Waals surface area contributed by atoms with E-state index < -0.39 is 12.2 Å². The van der Waals surface area contributed by atoms with Crippen LogP contribution >= 0.6 is 0 Å². The van der Waals surface area contributed by atoms with E-state index >= 15 is 0 Å². The zero-order valence-corrected chi connectivity index (χ0v) is 24.1. The minimum absolute atomic E-state index is 0.140. The monoisotopic (exact) mass is 537 g/mol. The van der Waals surface area contributed by atoms with Gasteiger partial charge in [-0.15, -0.1) is 0 Å². The average molecular weight is 538 g/mol. The van der Waals surface area contributed by atoms with Gasteiger partial charge in [-0.1, -0.05) is 38.2 Å². The van der Waals surface area contributed by atoms with Gasteiger partial charge < -0.3 is 19.4 Å². The standard InChI is InChI=1S/C33H47NO5/c1-5-30(37)39-29(33(16-17-33)31-34-20-21(2)38-31)10-6-9-25-13-14-27-23(8-7-15-32(25,27)4)11-12-24-18-26(35)19-28(36)22(24)3/h11-12,20,25-29,35-36H,3,5-10,13-19H2,1-2,4H3/b23-11+,24-12-/t25?,26-,27?,28+,29?,32?/m1/s1. The molecule has 1 aromatic rings. The van der Waals surface area contributed by atoms with E-state index in [2.05, 4.69) is 30.6 Å². The van der Waals surface area contributed by atoms with Crippen molar-refractivity contribution in [3.05, 3.63) is 53.3 Å². The molecule has 39 heavy (non-hydrogen) atoms. The van der Waals surface area contributed by atoms with Gasteiger partial charge in [0.1, 0.15) is 11.9 Å². The quantitative estimate of drug-likeness (QED) is 0.343. The molecule has 4 unspecified atom stereocenters. The lowest BCUT2D eigenvalue weighted by Gasteiger charge is -2.42. The van der Waals surface area contributed by atoms with E-state index in [1.807, 2.05) is 13.8 Å². The van der Waals surface area contributed by atoms with Gasteiger partial charge in [0, 0.05) is 12.8 Å². The van der Waals surface area contributed by atoms with Gasteiger partial charge in [0.25, 0.3) is 0 Å². The van der Waals surface area contributed by atoms with E-state index in [1.165, 1.54) is 31.3 Å². The minimum Gasteiger partial charge on any atom is -0.461 e. The van der Waals surface area contributed by atoms with Crippen LogP contribution in [-0.4, -0.2) is 39.5 Å². The molecule has 0 radical (unpaired) electrons. The van der Waals surface area contributed by atoms with E-state index in [9.17, 15) is 15.0 Å². The van der Waals surface area contributed by atoms with E-state index in [4.69, 9.17) is 9.15 Å². The van der Waals surface area contributed by atoms with Crippen LogP contribution in [-0.2, 0) is 14.9 Å². The molecule has 4 aliphatic rings. The summed E-state index contributed by atoms with van der Waals surface area (Å²) in [7, 11) is 0. The van der Waals surface area contributed by atoms with Crippen molar-refractivity contribution in [2.24, 2.45) is 17.3 Å². The largest absolute Gasteiger partial charge is 0.461 e. The topological polar surface area (TPSA) is 92.8 Å². The molecule has 0 amide bonds. The Morgan fingerprint density at radius 1 is 1.28 bits per heavy atom. The molecule has 4 fully saturated rings. The fraction of sp³-hybridized carbons (Fsp3) is 0.697. The molecule has 0 bridgehead atoms. The van der Waals surface area contributed by atoms with Crippen molar-refractivity contribution in [1.29, 1.82) is 0 Å². The third-order valence-electron chi connectivity index (χ3n) is 10.5. The highest BCUT2D eigenvalue weighted by Gasteiger charge is 2.56. The molecule has 6 atom stereocenters. The molecule has 5 rings (SSSR count). The van der Waals surface area contributed by atoms with Crippen molar-refractivity contribution < 1.29 is 24.2 Å². The van der Waals surface area contributed by atoms with Crippen molar-refractivity contribution in [1.82, 2.24) is 4.98 Å². The van der Waals surface area contributed by atoms with Gasteiger partial charge in [-0.25, -0.2) is 4.98 Å². The Morgan fingerprint density at radius 3 is 2.77 bits per heavy atom. The van der Waals surface area contributed by atoms with Crippen LogP contribution in [0.2, 0.25) is 0 Å². The van der Waals surface area contributed by atoms with Crippen molar-refractivity contribution in [3.8, 4) is 0 Å². The Bertz CT molecular complexity index is 1130. The maximum absolute atomic E-state index is 12.3. The van der Waals surface area contributed by atoms with Crippen molar-refractivity contribution in [2.75, 3.05) is 0 Å². The van der Waals surface area contributed by atoms with E-state index in [0.717, 1.165) is 61.3 Å². The lowest BCUT2D eigenvalue weighted by atomic mass is 9.62. The number of hydrogen-bond acceptors (Lipinski definition) is 6. The van der Waals surface area contributed by atoms with Crippen molar-refractivity contribution in [2.45, 2.75) is 128 Å². The number of oxazole rings is 1. The predicted octanol–water partition coefficient (Wildman–Crippen LogP) is 6.65. The first-order chi connectivity index (χ1) is 18.7. The van der Waals surface area contributed by atoms with Crippen molar-refractivity contribution >= 4 is 5.97 Å². The highest BCUT2D eigenvalue weighted by Crippen LogP contribution is 2.59. The number of carbonyl (C=O) groups excluding carboxylic acids is 1. The Balaban J connectivity index is 1.24. The zero-order valence-electron chi connectivity index (χ0n) is 24.1. The molecule has 6 heteroatoms. The number of carbonyl (C=O) groups is 1. The number of rotatable bonds is 9. The van der Waals surface area contributed by atoms with Gasteiger partial charge in [-0.3, -0.25) is 4.79 Å². The summed E-state index contributed by atoms with van der Waals surface area (Å²) in [6.45, 7) is 10.3. The van der Waals surface area contributed by atoms with Crippen LogP contribution in [0.15, 0.2) is 46.1 Å². The first kappa shape index (κ1) is 28.4. The number of aromatic nitrogens is 1. The fourth-order valence-electron chi connectivity index (χ4n) is 7.92. The van der Waals surface area contributed by atoms with Crippen LogP contribution in [0.5, 0.6) is 0 Å². The Labute approximate surface area is 233 Å². The normalized spacial score (nSPS) is 34.7. The van der Waals surface area contributed by atoms with Gasteiger partial charge in [0.2, 0.25) is 5.89 Å². The summed E-state index contributed by atoms with van der Waals surface area (Å²) in [5.74, 6) is 2.64. The van der Waals surface area contributed by atoms with Gasteiger partial charge in [-0.2, -0.15) is 0 Å². The maximum Gasteiger partial charge on any atom is 0.305 e. The minimum atomic E-state index is -0.645.